The molecular formula is C25H25F3N2O2S. The maximum Gasteiger partial charge on any atom is 0.426 e. The third kappa shape index (κ3) is 5.58. The minimum absolute atomic E-state index is 0.0320. The van der Waals surface area contributed by atoms with Crippen molar-refractivity contribution < 1.29 is 23.0 Å². The average Bonchev–Trinajstić information content (AvgIpc) is 3.40. The first-order valence-electron chi connectivity index (χ1n) is 10.6. The number of aromatic nitrogens is 1. The quantitative estimate of drug-likeness (QED) is 0.272. The molecule has 4 nitrogen and oxygen atoms in total. The van der Waals surface area contributed by atoms with Crippen molar-refractivity contribution in [2.45, 2.75) is 38.8 Å². The fourth-order valence-electron chi connectivity index (χ4n) is 3.57. The molecular weight excluding hydrogens is 449 g/mol. The smallest absolute Gasteiger partial charge is 0.426 e. The lowest BCUT2D eigenvalue weighted by Crippen LogP contribution is -2.28. The van der Waals surface area contributed by atoms with Crippen LogP contribution in [0.4, 0.5) is 13.2 Å². The van der Waals surface area contributed by atoms with Crippen molar-refractivity contribution in [3.63, 3.8) is 0 Å². The number of alkyl halides is 3. The maximum atomic E-state index is 13.6. The van der Waals surface area contributed by atoms with Gasteiger partial charge in [-0.05, 0) is 35.9 Å². The van der Waals surface area contributed by atoms with Gasteiger partial charge < -0.3 is 20.1 Å². The van der Waals surface area contributed by atoms with Crippen molar-refractivity contribution in [2.75, 3.05) is 6.54 Å². The number of H-pyrrole nitrogens is 1. The Morgan fingerprint density at radius 2 is 1.82 bits per heavy atom. The summed E-state index contributed by atoms with van der Waals surface area (Å²) >= 11 is 0.704. The SMILES string of the molecule is CC(C)NCC(O)c1cc2cc(OCc3cc(-c4ccccc4)c(C(F)(F)F)s3)ccc2[nH]1. The number of rotatable bonds is 8. The molecule has 0 aliphatic heterocycles. The maximum absolute atomic E-state index is 13.6. The summed E-state index contributed by atoms with van der Waals surface area (Å²) in [6, 6.07) is 17.6. The Bertz CT molecular complexity index is 1220. The van der Waals surface area contributed by atoms with E-state index >= 15 is 0 Å². The minimum atomic E-state index is -4.43. The van der Waals surface area contributed by atoms with Gasteiger partial charge in [-0.15, -0.1) is 11.3 Å². The van der Waals surface area contributed by atoms with Gasteiger partial charge in [0.25, 0.3) is 0 Å². The summed E-state index contributed by atoms with van der Waals surface area (Å²) in [5.41, 5.74) is 2.24. The van der Waals surface area contributed by atoms with Crippen LogP contribution in [0.5, 0.6) is 5.75 Å². The van der Waals surface area contributed by atoms with E-state index in [2.05, 4.69) is 10.3 Å². The standard InChI is InChI=1S/C25H25F3N2O2S/c1-15(2)29-13-23(31)22-11-17-10-18(8-9-21(17)30-22)32-14-19-12-20(16-6-4-3-5-7-16)24(33-19)25(26,27)28/h3-12,15,23,29-31H,13-14H2,1-2H3. The second-order valence-corrected chi connectivity index (χ2v) is 9.30. The Balaban J connectivity index is 1.51. The first-order valence-corrected chi connectivity index (χ1v) is 11.4. The molecule has 0 saturated heterocycles. The van der Waals surface area contributed by atoms with Crippen LogP contribution in [0.3, 0.4) is 0 Å². The number of aliphatic hydroxyl groups excluding tert-OH is 1. The van der Waals surface area contributed by atoms with Crippen molar-refractivity contribution >= 4 is 22.2 Å². The fourth-order valence-corrected chi connectivity index (χ4v) is 4.53. The van der Waals surface area contributed by atoms with Gasteiger partial charge in [-0.25, -0.2) is 0 Å². The average molecular weight is 475 g/mol. The van der Waals surface area contributed by atoms with E-state index in [1.807, 2.05) is 32.0 Å². The number of thiophene rings is 1. The van der Waals surface area contributed by atoms with Gasteiger partial charge in [0, 0.05) is 39.6 Å². The van der Waals surface area contributed by atoms with Gasteiger partial charge in [0.05, 0.1) is 0 Å². The number of hydrogen-bond donors (Lipinski definition) is 3. The number of fused-ring (bicyclic) bond motifs is 1. The lowest BCUT2D eigenvalue weighted by Gasteiger charge is -2.12. The summed E-state index contributed by atoms with van der Waals surface area (Å²) < 4.78 is 46.6. The highest BCUT2D eigenvalue weighted by molar-refractivity contribution is 7.12. The zero-order chi connectivity index (χ0) is 23.6. The monoisotopic (exact) mass is 474 g/mol. The number of benzene rings is 2. The molecule has 2 heterocycles. The number of aliphatic hydroxyl groups is 1. The molecule has 0 spiro atoms. The van der Waals surface area contributed by atoms with Crippen LogP contribution in [0, 0.1) is 0 Å². The van der Waals surface area contributed by atoms with E-state index in [1.54, 1.807) is 42.5 Å². The predicted octanol–water partition coefficient (Wildman–Crippen LogP) is 6.53. The predicted molar refractivity (Wildman–Crippen MR) is 125 cm³/mol. The number of aromatic amines is 1. The normalized spacial score (nSPS) is 13.1. The molecule has 8 heteroatoms. The summed E-state index contributed by atoms with van der Waals surface area (Å²) in [5.74, 6) is 0.547. The van der Waals surface area contributed by atoms with E-state index in [4.69, 9.17) is 4.74 Å². The van der Waals surface area contributed by atoms with E-state index in [1.165, 1.54) is 0 Å². The van der Waals surface area contributed by atoms with E-state index in [9.17, 15) is 18.3 Å². The molecule has 33 heavy (non-hydrogen) atoms. The first-order chi connectivity index (χ1) is 15.7. The van der Waals surface area contributed by atoms with Gasteiger partial charge in [-0.3, -0.25) is 0 Å². The summed E-state index contributed by atoms with van der Waals surface area (Å²) in [6.45, 7) is 4.48. The van der Waals surface area contributed by atoms with Crippen LogP contribution >= 0.6 is 11.3 Å². The van der Waals surface area contributed by atoms with Crippen LogP contribution in [0.25, 0.3) is 22.0 Å². The van der Waals surface area contributed by atoms with Gasteiger partial charge in [0.2, 0.25) is 0 Å². The van der Waals surface area contributed by atoms with Crippen molar-refractivity contribution in [1.29, 1.82) is 0 Å². The zero-order valence-corrected chi connectivity index (χ0v) is 19.1. The summed E-state index contributed by atoms with van der Waals surface area (Å²) in [7, 11) is 0. The van der Waals surface area contributed by atoms with Crippen LogP contribution < -0.4 is 10.1 Å². The molecule has 0 amide bonds. The van der Waals surface area contributed by atoms with E-state index in [0.717, 1.165) is 10.9 Å². The van der Waals surface area contributed by atoms with Crippen LogP contribution in [-0.4, -0.2) is 22.7 Å². The number of nitrogens with one attached hydrogen (secondary N) is 2. The molecule has 174 valence electrons. The second-order valence-electron chi connectivity index (χ2n) is 8.16. The number of ether oxygens (including phenoxy) is 1. The van der Waals surface area contributed by atoms with Gasteiger partial charge in [-0.1, -0.05) is 44.2 Å². The van der Waals surface area contributed by atoms with Crippen molar-refractivity contribution in [3.8, 4) is 16.9 Å². The van der Waals surface area contributed by atoms with E-state index in [0.29, 0.717) is 39.8 Å². The van der Waals surface area contributed by atoms with Gasteiger partial charge in [-0.2, -0.15) is 13.2 Å². The molecule has 0 aliphatic carbocycles. The molecule has 2 aromatic heterocycles. The minimum Gasteiger partial charge on any atom is -0.488 e. The Labute approximate surface area is 194 Å². The van der Waals surface area contributed by atoms with E-state index in [-0.39, 0.29) is 18.2 Å². The molecule has 0 aliphatic rings. The molecule has 2 aromatic carbocycles. The molecule has 0 fully saturated rings. The highest BCUT2D eigenvalue weighted by atomic mass is 32.1. The Morgan fingerprint density at radius 1 is 1.06 bits per heavy atom. The molecule has 4 rings (SSSR count). The third-order valence-corrected chi connectivity index (χ3v) is 6.35. The second kappa shape index (κ2) is 9.59. The van der Waals surface area contributed by atoms with Crippen LogP contribution in [-0.2, 0) is 12.8 Å². The van der Waals surface area contributed by atoms with Gasteiger partial charge >= 0.3 is 6.18 Å². The first kappa shape index (κ1) is 23.4. The van der Waals surface area contributed by atoms with E-state index < -0.39 is 17.2 Å². The zero-order valence-electron chi connectivity index (χ0n) is 18.2. The summed E-state index contributed by atoms with van der Waals surface area (Å²) in [4.78, 5) is 3.07. The molecule has 0 saturated carbocycles. The molecule has 3 N–H and O–H groups in total. The van der Waals surface area contributed by atoms with Gasteiger partial charge in [0.15, 0.2) is 0 Å². The van der Waals surface area contributed by atoms with Crippen molar-refractivity contribution in [1.82, 2.24) is 10.3 Å². The highest BCUT2D eigenvalue weighted by Crippen LogP contribution is 2.43. The Hall–Kier alpha value is -2.81. The topological polar surface area (TPSA) is 57.3 Å². The fraction of sp³-hybridized carbons (Fsp3) is 0.280. The molecule has 1 unspecified atom stereocenters. The molecule has 0 radical (unpaired) electrons. The lowest BCUT2D eigenvalue weighted by molar-refractivity contribution is -0.133. The molecule has 0 bridgehead atoms. The Kier molecular flexibility index (Phi) is 6.78. The molecule has 1 atom stereocenters. The van der Waals surface area contributed by atoms with Crippen LogP contribution in [0.2, 0.25) is 0 Å². The lowest BCUT2D eigenvalue weighted by atomic mass is 10.1. The highest BCUT2D eigenvalue weighted by Gasteiger charge is 2.36. The summed E-state index contributed by atoms with van der Waals surface area (Å²) in [5, 5.41) is 14.4. The van der Waals surface area contributed by atoms with Gasteiger partial charge in [0.1, 0.15) is 23.3 Å². The van der Waals surface area contributed by atoms with Crippen LogP contribution in [0.1, 0.15) is 35.4 Å². The largest absolute Gasteiger partial charge is 0.488 e. The van der Waals surface area contributed by atoms with Crippen LogP contribution in [0.15, 0.2) is 60.7 Å². The molecule has 4 aromatic rings. The number of hydrogen-bond acceptors (Lipinski definition) is 4. The summed E-state index contributed by atoms with van der Waals surface area (Å²) in [6.07, 6.45) is -5.10. The van der Waals surface area contributed by atoms with Crippen molar-refractivity contribution in [2.24, 2.45) is 0 Å². The Morgan fingerprint density at radius 3 is 2.52 bits per heavy atom. The van der Waals surface area contributed by atoms with Crippen molar-refractivity contribution in [3.05, 3.63) is 76.1 Å². The number of halogens is 3. The third-order valence-electron chi connectivity index (χ3n) is 5.20.